The molecule has 0 unspecified atom stereocenters. The number of carbonyl (C=O) groups excluding carboxylic acids is 1. The first-order valence-electron chi connectivity index (χ1n) is 10.4. The van der Waals surface area contributed by atoms with Crippen molar-refractivity contribution in [3.63, 3.8) is 0 Å². The number of nitrogens with zero attached hydrogens (tertiary/aromatic N) is 1. The van der Waals surface area contributed by atoms with Crippen molar-refractivity contribution >= 4 is 34.6 Å². The van der Waals surface area contributed by atoms with Crippen LogP contribution in [0.4, 0.5) is 17.1 Å². The summed E-state index contributed by atoms with van der Waals surface area (Å²) in [6.45, 7) is 4.01. The van der Waals surface area contributed by atoms with E-state index in [2.05, 4.69) is 27.9 Å². The number of aryl methyl sites for hydroxylation is 1. The number of carbonyl (C=O) groups is 1. The Morgan fingerprint density at radius 3 is 2.55 bits per heavy atom. The molecule has 0 radical (unpaired) electrons. The Morgan fingerprint density at radius 1 is 1.06 bits per heavy atom. The van der Waals surface area contributed by atoms with E-state index in [1.54, 1.807) is 18.2 Å². The van der Waals surface area contributed by atoms with Gasteiger partial charge in [0.25, 0.3) is 5.91 Å². The third kappa shape index (κ3) is 4.19. The van der Waals surface area contributed by atoms with Gasteiger partial charge < -0.3 is 10.6 Å². The van der Waals surface area contributed by atoms with Gasteiger partial charge in [-0.2, -0.15) is 5.11 Å². The molecule has 158 valence electrons. The minimum atomic E-state index is -0.139. The van der Waals surface area contributed by atoms with Crippen LogP contribution in [0.1, 0.15) is 59.3 Å². The first-order valence-corrected chi connectivity index (χ1v) is 10.8. The number of fused-ring (bicyclic) bond motifs is 1. The third-order valence-electron chi connectivity index (χ3n) is 5.73. The molecule has 0 aromatic heterocycles. The molecule has 0 spiro atoms. The summed E-state index contributed by atoms with van der Waals surface area (Å²) < 4.78 is 0. The van der Waals surface area contributed by atoms with Crippen molar-refractivity contribution in [3.8, 4) is 0 Å². The fraction of sp³-hybridized carbons (Fsp3) is 0.240. The van der Waals surface area contributed by atoms with Crippen molar-refractivity contribution in [2.45, 2.75) is 38.6 Å². The Morgan fingerprint density at radius 2 is 1.81 bits per heavy atom. The second kappa shape index (κ2) is 8.90. The maximum absolute atomic E-state index is 13.3. The van der Waals surface area contributed by atoms with Crippen LogP contribution in [0.2, 0.25) is 5.02 Å². The van der Waals surface area contributed by atoms with E-state index in [0.717, 1.165) is 24.1 Å². The molecule has 0 fully saturated rings. The number of nitrogens with one attached hydrogen (secondary N) is 3. The van der Waals surface area contributed by atoms with E-state index >= 15 is 0 Å². The van der Waals surface area contributed by atoms with Crippen LogP contribution in [-0.4, -0.2) is 5.91 Å². The Hall–Kier alpha value is -3.18. The van der Waals surface area contributed by atoms with Crippen molar-refractivity contribution < 1.29 is 4.79 Å². The molecule has 0 heterocycles. The number of benzene rings is 3. The average molecular weight is 433 g/mol. The van der Waals surface area contributed by atoms with Gasteiger partial charge >= 0.3 is 0 Å². The molecule has 1 atom stereocenters. The van der Waals surface area contributed by atoms with E-state index in [4.69, 9.17) is 17.1 Å². The summed E-state index contributed by atoms with van der Waals surface area (Å²) in [7, 11) is 0. The van der Waals surface area contributed by atoms with Gasteiger partial charge in [0.15, 0.2) is 0 Å². The zero-order valence-corrected chi connectivity index (χ0v) is 18.3. The van der Waals surface area contributed by atoms with Crippen LogP contribution in [-0.2, 0) is 6.42 Å². The fourth-order valence-corrected chi connectivity index (χ4v) is 4.45. The van der Waals surface area contributed by atoms with Crippen LogP contribution in [0.5, 0.6) is 0 Å². The standard InChI is InChI=1S/C25H25ClN4O/c1-15(2)23-18(25(31)29-20-13-11-16-7-3-4-8-17(16)20)12-14-22(24(23)30-27)28-21-10-6-5-9-19(21)26/h3-10,12,14-15,20,27-28H,11,13H2,1-2H3,(H,29,31)/t20-/m0/s1. The molecule has 1 aliphatic carbocycles. The second-order valence-electron chi connectivity index (χ2n) is 8.06. The van der Waals surface area contributed by atoms with Crippen LogP contribution < -0.4 is 10.6 Å². The lowest BCUT2D eigenvalue weighted by molar-refractivity contribution is 0.0935. The molecular formula is C25H25ClN4O. The molecule has 3 N–H and O–H groups in total. The van der Waals surface area contributed by atoms with Gasteiger partial charge in [-0.25, -0.2) is 5.53 Å². The molecule has 0 saturated heterocycles. The zero-order chi connectivity index (χ0) is 22.0. The first-order chi connectivity index (χ1) is 15.0. The number of halogens is 1. The molecule has 3 aromatic rings. The first kappa shape index (κ1) is 21.1. The highest BCUT2D eigenvalue weighted by atomic mass is 35.5. The molecule has 1 aliphatic rings. The average Bonchev–Trinajstić information content (AvgIpc) is 3.17. The Balaban J connectivity index is 1.67. The lowest BCUT2D eigenvalue weighted by atomic mass is 9.93. The van der Waals surface area contributed by atoms with E-state index in [0.29, 0.717) is 22.0 Å². The third-order valence-corrected chi connectivity index (χ3v) is 6.06. The monoisotopic (exact) mass is 432 g/mol. The van der Waals surface area contributed by atoms with Crippen LogP contribution in [0.3, 0.4) is 0 Å². The minimum Gasteiger partial charge on any atom is -0.352 e. The van der Waals surface area contributed by atoms with E-state index in [9.17, 15) is 4.79 Å². The maximum Gasteiger partial charge on any atom is 0.252 e. The molecule has 31 heavy (non-hydrogen) atoms. The Labute approximate surface area is 187 Å². The molecule has 3 aromatic carbocycles. The number of hydrogen-bond acceptors (Lipinski definition) is 4. The van der Waals surface area contributed by atoms with Crippen molar-refractivity contribution in [1.29, 1.82) is 5.53 Å². The van der Waals surface area contributed by atoms with Gasteiger partial charge in [-0.3, -0.25) is 4.79 Å². The number of hydrogen-bond donors (Lipinski definition) is 3. The maximum atomic E-state index is 13.3. The Kier molecular flexibility index (Phi) is 6.05. The van der Waals surface area contributed by atoms with Gasteiger partial charge in [0.05, 0.1) is 22.4 Å². The molecule has 1 amide bonds. The summed E-state index contributed by atoms with van der Waals surface area (Å²) in [4.78, 5) is 13.3. The topological polar surface area (TPSA) is 77.3 Å². The number of amides is 1. The van der Waals surface area contributed by atoms with Crippen LogP contribution in [0.15, 0.2) is 65.8 Å². The second-order valence-corrected chi connectivity index (χ2v) is 8.47. The number of rotatable bonds is 6. The highest BCUT2D eigenvalue weighted by Crippen LogP contribution is 2.40. The zero-order valence-electron chi connectivity index (χ0n) is 17.6. The van der Waals surface area contributed by atoms with Gasteiger partial charge in [0, 0.05) is 5.56 Å². The van der Waals surface area contributed by atoms with Crippen LogP contribution >= 0.6 is 11.6 Å². The molecule has 0 aliphatic heterocycles. The summed E-state index contributed by atoms with van der Waals surface area (Å²) in [5.74, 6) is -0.131. The fourth-order valence-electron chi connectivity index (χ4n) is 4.26. The smallest absolute Gasteiger partial charge is 0.252 e. The van der Waals surface area contributed by atoms with Crippen molar-refractivity contribution in [3.05, 3.63) is 87.9 Å². The van der Waals surface area contributed by atoms with E-state index in [-0.39, 0.29) is 17.9 Å². The predicted octanol–water partition coefficient (Wildman–Crippen LogP) is 7.29. The van der Waals surface area contributed by atoms with Gasteiger partial charge in [-0.1, -0.05) is 61.8 Å². The lowest BCUT2D eigenvalue weighted by Crippen LogP contribution is -2.28. The molecular weight excluding hydrogens is 408 g/mol. The summed E-state index contributed by atoms with van der Waals surface area (Å²) in [5, 5.41) is 10.8. The van der Waals surface area contributed by atoms with E-state index in [1.807, 2.05) is 44.2 Å². The normalized spacial score (nSPS) is 14.9. The van der Waals surface area contributed by atoms with Crippen molar-refractivity contribution in [1.82, 2.24) is 5.32 Å². The van der Waals surface area contributed by atoms with Gasteiger partial charge in [-0.15, -0.1) is 0 Å². The lowest BCUT2D eigenvalue weighted by Gasteiger charge is -2.21. The SMILES string of the molecule is CC(C)c1c(C(=O)N[C@H]2CCc3ccccc32)ccc(Nc2ccccc2Cl)c1N=N. The number of para-hydroxylation sites is 1. The van der Waals surface area contributed by atoms with E-state index in [1.165, 1.54) is 11.1 Å². The molecule has 6 heteroatoms. The summed E-state index contributed by atoms with van der Waals surface area (Å²) in [6, 6.07) is 19.2. The van der Waals surface area contributed by atoms with Crippen LogP contribution in [0.25, 0.3) is 0 Å². The quantitative estimate of drug-likeness (QED) is 0.357. The van der Waals surface area contributed by atoms with Gasteiger partial charge in [0.2, 0.25) is 0 Å². The molecule has 4 rings (SSSR count). The summed E-state index contributed by atoms with van der Waals surface area (Å²) >= 11 is 6.29. The minimum absolute atomic E-state index is 0.000953. The van der Waals surface area contributed by atoms with E-state index < -0.39 is 0 Å². The summed E-state index contributed by atoms with van der Waals surface area (Å²) in [5.41, 5.74) is 13.4. The molecule has 0 saturated carbocycles. The predicted molar refractivity (Wildman–Crippen MR) is 125 cm³/mol. The summed E-state index contributed by atoms with van der Waals surface area (Å²) in [6.07, 6.45) is 1.86. The Bertz CT molecular complexity index is 1140. The van der Waals surface area contributed by atoms with Gasteiger partial charge in [-0.05, 0) is 59.7 Å². The van der Waals surface area contributed by atoms with Crippen molar-refractivity contribution in [2.24, 2.45) is 5.11 Å². The van der Waals surface area contributed by atoms with Gasteiger partial charge in [0.1, 0.15) is 5.69 Å². The number of anilines is 2. The highest BCUT2D eigenvalue weighted by molar-refractivity contribution is 6.33. The molecule has 5 nitrogen and oxygen atoms in total. The van der Waals surface area contributed by atoms with Crippen LogP contribution in [0, 0.1) is 5.53 Å². The molecule has 0 bridgehead atoms. The van der Waals surface area contributed by atoms with Crippen molar-refractivity contribution in [2.75, 3.05) is 5.32 Å². The highest BCUT2D eigenvalue weighted by Gasteiger charge is 2.26. The largest absolute Gasteiger partial charge is 0.352 e.